The van der Waals surface area contributed by atoms with Gasteiger partial charge >= 0.3 is 27.3 Å². The Morgan fingerprint density at radius 1 is 0.415 bits per heavy atom. The minimum atomic E-state index is -0.921. The molecule has 4 nitrogen and oxygen atoms in total. The van der Waals surface area contributed by atoms with Gasteiger partial charge in [0.15, 0.2) is 0 Å². The number of unbranched alkanes of at least 4 members (excludes halogenated alkanes) is 16. The first-order valence-corrected chi connectivity index (χ1v) is 16.5. The maximum atomic E-state index is 10.2. The first kappa shape index (κ1) is 44.3. The summed E-state index contributed by atoms with van der Waals surface area (Å²) in [7, 11) is 0. The Morgan fingerprint density at radius 3 is 0.976 bits per heavy atom. The molecule has 232 valence electrons. The summed E-state index contributed by atoms with van der Waals surface area (Å²) in [5.74, 6) is -1.84. The van der Waals surface area contributed by atoms with E-state index >= 15 is 0 Å². The molecule has 0 aromatic heterocycles. The van der Waals surface area contributed by atoms with Gasteiger partial charge in [-0.25, -0.2) is 0 Å². The number of allylic oxidation sites excluding steroid dienone is 8. The molecule has 0 aliphatic rings. The van der Waals surface area contributed by atoms with Crippen molar-refractivity contribution in [2.45, 2.75) is 168 Å². The summed E-state index contributed by atoms with van der Waals surface area (Å²) in [5.41, 5.74) is 0. The Balaban J connectivity index is -0.000000688. The maximum Gasteiger partial charge on any atom is 2.00 e. The predicted molar refractivity (Wildman–Crippen MR) is 169 cm³/mol. The Labute approximate surface area is 274 Å². The van der Waals surface area contributed by atoms with Crippen LogP contribution in [0.25, 0.3) is 0 Å². The van der Waals surface area contributed by atoms with E-state index in [9.17, 15) is 19.8 Å². The number of rotatable bonds is 28. The molecular weight excluding hydrogens is 609 g/mol. The molecule has 5 heteroatoms. The van der Waals surface area contributed by atoms with E-state index < -0.39 is 11.9 Å². The molecule has 0 bridgehead atoms. The van der Waals surface area contributed by atoms with Crippen LogP contribution in [0.1, 0.15) is 168 Å². The summed E-state index contributed by atoms with van der Waals surface area (Å²) in [6.45, 7) is 4.46. The number of carbonyl (C=O) groups is 2. The number of hydrogen-bond donors (Lipinski definition) is 0. The van der Waals surface area contributed by atoms with Crippen molar-refractivity contribution >= 4 is 11.9 Å². The van der Waals surface area contributed by atoms with Gasteiger partial charge in [-0.3, -0.25) is 0 Å². The summed E-state index contributed by atoms with van der Waals surface area (Å²) in [5, 5.41) is 20.4. The van der Waals surface area contributed by atoms with Crippen molar-refractivity contribution in [2.24, 2.45) is 0 Å². The number of aliphatic carboxylic acids is 2. The minimum absolute atomic E-state index is 0. The van der Waals surface area contributed by atoms with Crippen LogP contribution in [0.2, 0.25) is 0 Å². The normalized spacial score (nSPS) is 11.4. The molecule has 0 N–H and O–H groups in total. The van der Waals surface area contributed by atoms with E-state index in [4.69, 9.17) is 0 Å². The predicted octanol–water partition coefficient (Wildman–Crippen LogP) is 9.10. The molecule has 0 saturated heterocycles. The van der Waals surface area contributed by atoms with Crippen LogP contribution in [-0.4, -0.2) is 11.9 Å². The number of carbonyl (C=O) groups excluding carboxylic acids is 2. The molecule has 0 saturated carbocycles. The van der Waals surface area contributed by atoms with Crippen molar-refractivity contribution in [2.75, 3.05) is 0 Å². The molecular formula is C36H62CdO4. The standard InChI is InChI=1S/2C18H32O2.Cd/c2*1-2-3-4-5-6-7-8-9-10-11-12-13-14-15-16-17-18(19)20;/h2*6-7,9-10H,2-5,8,11-17H2,1H3,(H,19,20);/q;;+2/p-2/b2*7-6-,10-9-;. The number of carboxylic acids is 2. The summed E-state index contributed by atoms with van der Waals surface area (Å²) < 4.78 is 0. The fraction of sp³-hybridized carbons (Fsp3) is 0.722. The Kier molecular flexibility index (Phi) is 44.2. The second-order valence-corrected chi connectivity index (χ2v) is 10.7. The van der Waals surface area contributed by atoms with Crippen molar-refractivity contribution in [3.8, 4) is 0 Å². The summed E-state index contributed by atoms with van der Waals surface area (Å²) in [6.07, 6.45) is 43.9. The SMILES string of the molecule is CCCCC/C=C\C/C=C\CCCCCCCC(=O)[O-].CCCCC/C=C\C/C=C\CCCCCCCC(=O)[O-].[Cd+2]. The minimum Gasteiger partial charge on any atom is -0.550 e. The molecule has 0 amide bonds. The third-order valence-corrected chi connectivity index (χ3v) is 6.66. The van der Waals surface area contributed by atoms with Gasteiger partial charge in [-0.2, -0.15) is 0 Å². The van der Waals surface area contributed by atoms with Crippen molar-refractivity contribution in [3.63, 3.8) is 0 Å². The third-order valence-electron chi connectivity index (χ3n) is 6.66. The van der Waals surface area contributed by atoms with Gasteiger partial charge in [0.05, 0.1) is 0 Å². The smallest absolute Gasteiger partial charge is 0.550 e. The molecule has 0 fully saturated rings. The van der Waals surface area contributed by atoms with E-state index in [1.54, 1.807) is 0 Å². The van der Waals surface area contributed by atoms with Crippen LogP contribution < -0.4 is 10.2 Å². The van der Waals surface area contributed by atoms with E-state index in [0.29, 0.717) is 0 Å². The maximum absolute atomic E-state index is 10.2. The van der Waals surface area contributed by atoms with E-state index in [1.165, 1.54) is 77.0 Å². The Bertz CT molecular complexity index is 596. The first-order chi connectivity index (χ1) is 19.5. The fourth-order valence-corrected chi connectivity index (χ4v) is 4.16. The molecule has 0 rings (SSSR count). The van der Waals surface area contributed by atoms with E-state index in [0.717, 1.165) is 64.2 Å². The zero-order chi connectivity index (χ0) is 29.8. The van der Waals surface area contributed by atoms with Gasteiger partial charge in [-0.15, -0.1) is 0 Å². The molecule has 0 aromatic rings. The van der Waals surface area contributed by atoms with Crippen LogP contribution in [0.3, 0.4) is 0 Å². The summed E-state index contributed by atoms with van der Waals surface area (Å²) in [4.78, 5) is 20.4. The van der Waals surface area contributed by atoms with Crippen LogP contribution in [0.15, 0.2) is 48.6 Å². The molecule has 0 aliphatic carbocycles. The van der Waals surface area contributed by atoms with Gasteiger partial charge in [0.1, 0.15) is 0 Å². The van der Waals surface area contributed by atoms with Crippen LogP contribution in [0.5, 0.6) is 0 Å². The monoisotopic (exact) mass is 672 g/mol. The van der Waals surface area contributed by atoms with Gasteiger partial charge < -0.3 is 19.8 Å². The van der Waals surface area contributed by atoms with E-state index in [1.807, 2.05) is 0 Å². The van der Waals surface area contributed by atoms with Crippen molar-refractivity contribution in [3.05, 3.63) is 48.6 Å². The Hall–Kier alpha value is -1.18. The fourth-order valence-electron chi connectivity index (χ4n) is 4.16. The van der Waals surface area contributed by atoms with Crippen LogP contribution >= 0.6 is 0 Å². The average molecular weight is 671 g/mol. The van der Waals surface area contributed by atoms with Crippen molar-refractivity contribution in [1.82, 2.24) is 0 Å². The number of hydrogen-bond acceptors (Lipinski definition) is 4. The molecule has 0 atom stereocenters. The van der Waals surface area contributed by atoms with Gasteiger partial charge in [-0.05, 0) is 89.9 Å². The summed E-state index contributed by atoms with van der Waals surface area (Å²) in [6, 6.07) is 0. The largest absolute Gasteiger partial charge is 2.00 e. The van der Waals surface area contributed by atoms with Gasteiger partial charge in [0.2, 0.25) is 0 Å². The zero-order valence-corrected chi connectivity index (χ0v) is 31.0. The van der Waals surface area contributed by atoms with Crippen LogP contribution in [0.4, 0.5) is 0 Å². The van der Waals surface area contributed by atoms with Crippen LogP contribution in [0, 0.1) is 0 Å². The quantitative estimate of drug-likeness (QED) is 0.0472. The van der Waals surface area contributed by atoms with Crippen LogP contribution in [-0.2, 0) is 36.9 Å². The molecule has 0 aliphatic heterocycles. The molecule has 0 aromatic carbocycles. The van der Waals surface area contributed by atoms with Gasteiger partial charge in [0.25, 0.3) is 0 Å². The molecule has 41 heavy (non-hydrogen) atoms. The number of carboxylic acid groups (broad SMARTS) is 2. The molecule has 0 heterocycles. The molecule has 0 spiro atoms. The van der Waals surface area contributed by atoms with Crippen molar-refractivity contribution < 1.29 is 47.1 Å². The van der Waals surface area contributed by atoms with E-state index in [2.05, 4.69) is 62.5 Å². The average Bonchev–Trinajstić information content (AvgIpc) is 2.93. The van der Waals surface area contributed by atoms with Crippen molar-refractivity contribution in [1.29, 1.82) is 0 Å². The summed E-state index contributed by atoms with van der Waals surface area (Å²) >= 11 is 0. The third kappa shape index (κ3) is 48.9. The van der Waals surface area contributed by atoms with E-state index in [-0.39, 0.29) is 40.1 Å². The second-order valence-electron chi connectivity index (χ2n) is 10.7. The van der Waals surface area contributed by atoms with Gasteiger partial charge in [-0.1, -0.05) is 127 Å². The zero-order valence-electron chi connectivity index (χ0n) is 26.9. The second kappa shape index (κ2) is 41.0. The van der Waals surface area contributed by atoms with Gasteiger partial charge in [0, 0.05) is 11.9 Å². The molecule has 0 unspecified atom stereocenters. The topological polar surface area (TPSA) is 80.3 Å². The first-order valence-electron chi connectivity index (χ1n) is 16.5. The molecule has 0 radical (unpaired) electrons. The Morgan fingerprint density at radius 2 is 0.683 bits per heavy atom.